The molecule has 1 atom stereocenters. The van der Waals surface area contributed by atoms with Crippen molar-refractivity contribution < 1.29 is 27.2 Å². The smallest absolute Gasteiger partial charge is 0.451 e. The summed E-state index contributed by atoms with van der Waals surface area (Å²) in [7, 11) is 0. The van der Waals surface area contributed by atoms with Crippen LogP contribution in [-0.2, 0) is 6.18 Å². The van der Waals surface area contributed by atoms with Gasteiger partial charge in [-0.3, -0.25) is 0 Å². The van der Waals surface area contributed by atoms with Crippen LogP contribution in [0.5, 0.6) is 0 Å². The molecule has 1 unspecified atom stereocenters. The number of hydrogen-bond donors (Lipinski definition) is 1. The summed E-state index contributed by atoms with van der Waals surface area (Å²) in [4.78, 5) is 7.11. The molecule has 2 heterocycles. The largest absolute Gasteiger partial charge is 0.471 e. The minimum Gasteiger partial charge on any atom is -0.451 e. The third kappa shape index (κ3) is 2.70. The predicted molar refractivity (Wildman–Crippen MR) is 65.3 cm³/mol. The molecular formula is C13H8F3N3O3. The van der Waals surface area contributed by atoms with Crippen molar-refractivity contribution in [1.29, 1.82) is 0 Å². The van der Waals surface area contributed by atoms with Crippen LogP contribution in [0.1, 0.15) is 23.3 Å². The van der Waals surface area contributed by atoms with E-state index in [0.29, 0.717) is 16.8 Å². The second-order valence-electron chi connectivity index (χ2n) is 4.36. The number of alkyl halides is 3. The van der Waals surface area contributed by atoms with Crippen molar-refractivity contribution in [2.75, 3.05) is 0 Å². The number of rotatable bonds is 3. The van der Waals surface area contributed by atoms with Crippen LogP contribution in [0.25, 0.3) is 11.4 Å². The van der Waals surface area contributed by atoms with E-state index in [9.17, 15) is 18.3 Å². The molecule has 0 saturated carbocycles. The first-order valence-corrected chi connectivity index (χ1v) is 6.02. The molecule has 0 bridgehead atoms. The van der Waals surface area contributed by atoms with E-state index in [1.165, 1.54) is 36.9 Å². The maximum atomic E-state index is 12.4. The monoisotopic (exact) mass is 311 g/mol. The molecule has 22 heavy (non-hydrogen) atoms. The highest BCUT2D eigenvalue weighted by Gasteiger charge is 2.38. The highest BCUT2D eigenvalue weighted by molar-refractivity contribution is 5.55. The van der Waals surface area contributed by atoms with Gasteiger partial charge >= 0.3 is 12.1 Å². The molecular weight excluding hydrogens is 303 g/mol. The van der Waals surface area contributed by atoms with Crippen molar-refractivity contribution in [3.8, 4) is 11.4 Å². The third-order valence-electron chi connectivity index (χ3n) is 2.88. The molecule has 3 aromatic rings. The number of halogens is 3. The van der Waals surface area contributed by atoms with E-state index in [2.05, 4.69) is 19.6 Å². The maximum Gasteiger partial charge on any atom is 0.471 e. The van der Waals surface area contributed by atoms with Crippen LogP contribution < -0.4 is 0 Å². The highest BCUT2D eigenvalue weighted by atomic mass is 19.4. The number of aliphatic hydroxyl groups is 1. The average molecular weight is 311 g/mol. The first kappa shape index (κ1) is 14.3. The molecule has 0 aliphatic carbocycles. The van der Waals surface area contributed by atoms with Crippen molar-refractivity contribution in [2.45, 2.75) is 12.3 Å². The molecule has 1 N–H and O–H groups in total. The lowest BCUT2D eigenvalue weighted by atomic mass is 10.0. The van der Waals surface area contributed by atoms with E-state index < -0.39 is 18.2 Å². The first-order chi connectivity index (χ1) is 10.4. The fourth-order valence-corrected chi connectivity index (χ4v) is 1.80. The van der Waals surface area contributed by atoms with Gasteiger partial charge in [0.1, 0.15) is 18.1 Å². The second kappa shape index (κ2) is 5.26. The van der Waals surface area contributed by atoms with E-state index in [0.717, 1.165) is 0 Å². The predicted octanol–water partition coefficient (Wildman–Crippen LogP) is 2.83. The Bertz CT molecular complexity index is 751. The zero-order valence-electron chi connectivity index (χ0n) is 10.8. The summed E-state index contributed by atoms with van der Waals surface area (Å²) in [5, 5.41) is 13.3. The Labute approximate surface area is 121 Å². The van der Waals surface area contributed by atoms with Gasteiger partial charge in [0.25, 0.3) is 0 Å². The SMILES string of the molecule is OC(c1ccc(-c2noc(C(F)(F)F)n2)cc1)c1cocn1. The van der Waals surface area contributed by atoms with Crippen LogP contribution in [0.3, 0.4) is 0 Å². The fourth-order valence-electron chi connectivity index (χ4n) is 1.80. The number of aromatic nitrogens is 3. The molecule has 0 amide bonds. The van der Waals surface area contributed by atoms with Crippen molar-refractivity contribution >= 4 is 0 Å². The summed E-state index contributed by atoms with van der Waals surface area (Å²) in [5.74, 6) is -1.59. The van der Waals surface area contributed by atoms with E-state index in [-0.39, 0.29) is 5.82 Å². The molecule has 114 valence electrons. The summed E-state index contributed by atoms with van der Waals surface area (Å²) in [6.45, 7) is 0. The molecule has 3 rings (SSSR count). The highest BCUT2D eigenvalue weighted by Crippen LogP contribution is 2.30. The van der Waals surface area contributed by atoms with Crippen molar-refractivity contribution in [3.63, 3.8) is 0 Å². The van der Waals surface area contributed by atoms with Gasteiger partial charge in [-0.2, -0.15) is 18.2 Å². The average Bonchev–Trinajstić information content (AvgIpc) is 3.17. The summed E-state index contributed by atoms with van der Waals surface area (Å²) in [6.07, 6.45) is -3.20. The Hall–Kier alpha value is -2.68. The van der Waals surface area contributed by atoms with Gasteiger partial charge in [-0.05, 0) is 5.56 Å². The number of hydrogen-bond acceptors (Lipinski definition) is 6. The topological polar surface area (TPSA) is 85.2 Å². The standard InChI is InChI=1S/C13H8F3N3O3/c14-13(15,16)12-18-11(19-22-12)8-3-1-7(2-4-8)10(20)9-5-21-6-17-9/h1-6,10,20H. The molecule has 0 saturated heterocycles. The van der Waals surface area contributed by atoms with E-state index in [4.69, 9.17) is 4.42 Å². The van der Waals surface area contributed by atoms with E-state index in [1.54, 1.807) is 0 Å². The molecule has 0 aliphatic rings. The zero-order chi connectivity index (χ0) is 15.7. The van der Waals surface area contributed by atoms with Crippen LogP contribution in [0.2, 0.25) is 0 Å². The van der Waals surface area contributed by atoms with Crippen LogP contribution in [-0.4, -0.2) is 20.2 Å². The molecule has 0 aliphatic heterocycles. The lowest BCUT2D eigenvalue weighted by Crippen LogP contribution is -2.04. The van der Waals surface area contributed by atoms with Gasteiger partial charge in [0.05, 0.1) is 0 Å². The van der Waals surface area contributed by atoms with E-state index >= 15 is 0 Å². The second-order valence-corrected chi connectivity index (χ2v) is 4.36. The number of benzene rings is 1. The quantitative estimate of drug-likeness (QED) is 0.800. The minimum atomic E-state index is -4.69. The Kier molecular flexibility index (Phi) is 3.41. The van der Waals surface area contributed by atoms with Gasteiger partial charge in [-0.15, -0.1) is 0 Å². The summed E-state index contributed by atoms with van der Waals surface area (Å²) in [5.41, 5.74) is 1.15. The molecule has 2 aromatic heterocycles. The summed E-state index contributed by atoms with van der Waals surface area (Å²) < 4.78 is 46.1. The maximum absolute atomic E-state index is 12.4. The number of oxazole rings is 1. The molecule has 9 heteroatoms. The lowest BCUT2D eigenvalue weighted by molar-refractivity contribution is -0.159. The van der Waals surface area contributed by atoms with Gasteiger partial charge in [0, 0.05) is 5.56 Å². The van der Waals surface area contributed by atoms with Crippen LogP contribution >= 0.6 is 0 Å². The fraction of sp³-hybridized carbons (Fsp3) is 0.154. The van der Waals surface area contributed by atoms with Gasteiger partial charge in [-0.1, -0.05) is 29.4 Å². The third-order valence-corrected chi connectivity index (χ3v) is 2.88. The Balaban J connectivity index is 1.84. The molecule has 0 fully saturated rings. The molecule has 1 aromatic carbocycles. The molecule has 6 nitrogen and oxygen atoms in total. The number of aliphatic hydroxyl groups excluding tert-OH is 1. The van der Waals surface area contributed by atoms with Gasteiger partial charge in [0.2, 0.25) is 5.82 Å². The lowest BCUT2D eigenvalue weighted by Gasteiger charge is -2.07. The molecule has 0 radical (unpaired) electrons. The van der Waals surface area contributed by atoms with Gasteiger partial charge < -0.3 is 14.0 Å². The van der Waals surface area contributed by atoms with Crippen LogP contribution in [0, 0.1) is 0 Å². The molecule has 0 spiro atoms. The van der Waals surface area contributed by atoms with Crippen LogP contribution in [0.4, 0.5) is 13.2 Å². The summed E-state index contributed by atoms with van der Waals surface area (Å²) in [6, 6.07) is 6.00. The Morgan fingerprint density at radius 2 is 1.86 bits per heavy atom. The zero-order valence-corrected chi connectivity index (χ0v) is 10.8. The van der Waals surface area contributed by atoms with Crippen molar-refractivity contribution in [3.05, 3.63) is 54.1 Å². The Morgan fingerprint density at radius 3 is 2.41 bits per heavy atom. The van der Waals surface area contributed by atoms with E-state index in [1.807, 2.05) is 0 Å². The summed E-state index contributed by atoms with van der Waals surface area (Å²) >= 11 is 0. The number of nitrogens with zero attached hydrogens (tertiary/aromatic N) is 3. The van der Waals surface area contributed by atoms with Gasteiger partial charge in [-0.25, -0.2) is 4.98 Å². The van der Waals surface area contributed by atoms with Crippen LogP contribution in [0.15, 0.2) is 45.9 Å². The Morgan fingerprint density at radius 1 is 1.14 bits per heavy atom. The first-order valence-electron chi connectivity index (χ1n) is 6.02. The van der Waals surface area contributed by atoms with Crippen molar-refractivity contribution in [1.82, 2.24) is 15.1 Å². The van der Waals surface area contributed by atoms with Gasteiger partial charge in [0.15, 0.2) is 6.39 Å². The van der Waals surface area contributed by atoms with Crippen molar-refractivity contribution in [2.24, 2.45) is 0 Å². The minimum absolute atomic E-state index is 0.185. The normalized spacial score (nSPS) is 13.3.